The molecule has 2 aromatic rings. The molecule has 1 fully saturated rings. The summed E-state index contributed by atoms with van der Waals surface area (Å²) in [7, 11) is -8.78. The Hall–Kier alpha value is -1.51. The van der Waals surface area contributed by atoms with Gasteiger partial charge in [-0.25, -0.2) is 21.3 Å². The Morgan fingerprint density at radius 2 is 1.60 bits per heavy atom. The summed E-state index contributed by atoms with van der Waals surface area (Å²) in [5, 5.41) is -1.04. The molecule has 2 aromatic carbocycles. The number of para-hydroxylation sites is 2. The van der Waals surface area contributed by atoms with E-state index in [1.165, 1.54) is 5.56 Å². The van der Waals surface area contributed by atoms with E-state index in [1.807, 2.05) is 73.7 Å². The maximum absolute atomic E-state index is 12.5. The van der Waals surface area contributed by atoms with Gasteiger partial charge in [0.15, 0.2) is 21.2 Å². The molecule has 0 aromatic heterocycles. The first-order valence-electron chi connectivity index (χ1n) is 15.9. The zero-order chi connectivity index (χ0) is 33.5. The van der Waals surface area contributed by atoms with Gasteiger partial charge in [-0.2, -0.15) is 4.58 Å². The van der Waals surface area contributed by atoms with Crippen molar-refractivity contribution >= 4 is 37.3 Å². The second-order valence-electron chi connectivity index (χ2n) is 13.7. The Morgan fingerprint density at radius 1 is 0.936 bits per heavy atom. The second-order valence-corrected chi connectivity index (χ2v) is 16.7. The molecule has 3 heterocycles. The summed E-state index contributed by atoms with van der Waals surface area (Å²) < 4.78 is 73.3. The van der Waals surface area contributed by atoms with Crippen molar-refractivity contribution in [2.75, 3.05) is 18.8 Å². The smallest absolute Gasteiger partial charge is 0.748 e. The number of allylic oxidation sites excluding steroid dienone is 8. The normalized spacial score (nSPS) is 24.4. The van der Waals surface area contributed by atoms with E-state index in [2.05, 4.69) is 50.5 Å². The van der Waals surface area contributed by atoms with E-state index in [0.717, 1.165) is 33.9 Å². The quantitative estimate of drug-likeness (QED) is 0.0937. The predicted molar refractivity (Wildman–Crippen MR) is 182 cm³/mol. The van der Waals surface area contributed by atoms with Crippen LogP contribution in [0.15, 0.2) is 96.3 Å². The molecule has 3 aliphatic rings. The first kappa shape index (κ1) is 38.3. The number of benzene rings is 2. The first-order valence-corrected chi connectivity index (χ1v) is 18.9. The maximum Gasteiger partial charge on any atom is 1.00 e. The van der Waals surface area contributed by atoms with Crippen LogP contribution >= 0.6 is 0 Å². The fraction of sp³-hybridized carbons (Fsp3) is 0.417. The largest absolute Gasteiger partial charge is 1.00 e. The fourth-order valence-corrected chi connectivity index (χ4v) is 9.61. The van der Waals surface area contributed by atoms with Gasteiger partial charge in [0, 0.05) is 48.3 Å². The number of nitrogens with zero attached hydrogens (tertiary/aromatic N) is 2. The van der Waals surface area contributed by atoms with Crippen molar-refractivity contribution in [1.29, 1.82) is 0 Å². The molecule has 2 atom stereocenters. The molecule has 5 rings (SSSR count). The Labute approximate surface area is 323 Å². The van der Waals surface area contributed by atoms with Gasteiger partial charge >= 0.3 is 51.4 Å². The summed E-state index contributed by atoms with van der Waals surface area (Å²) in [4.78, 5) is 0. The van der Waals surface area contributed by atoms with E-state index in [1.54, 1.807) is 0 Å². The van der Waals surface area contributed by atoms with Crippen molar-refractivity contribution < 1.29 is 81.9 Å². The second kappa shape index (κ2) is 14.4. The zero-order valence-electron chi connectivity index (χ0n) is 28.3. The van der Waals surface area contributed by atoms with Crippen LogP contribution in [0.1, 0.15) is 71.4 Å². The first-order chi connectivity index (χ1) is 21.5. The third-order valence-corrected chi connectivity index (χ3v) is 12.0. The molecule has 246 valence electrons. The molecule has 0 radical (unpaired) electrons. The average molecular weight is 704 g/mol. The minimum atomic E-state index is -4.54. The van der Waals surface area contributed by atoms with Crippen molar-refractivity contribution in [1.82, 2.24) is 4.48 Å². The van der Waals surface area contributed by atoms with Crippen molar-refractivity contribution in [3.63, 3.8) is 0 Å². The summed E-state index contributed by atoms with van der Waals surface area (Å²) in [6.07, 6.45) is 13.9. The third kappa shape index (κ3) is 7.50. The molecule has 1 spiro atoms. The molecule has 0 aliphatic carbocycles. The molecule has 0 amide bonds. The van der Waals surface area contributed by atoms with E-state index in [4.69, 9.17) is 0 Å². The average Bonchev–Trinajstić information content (AvgIpc) is 3.57. The monoisotopic (exact) mass is 703 g/mol. The SMILES string of the molecule is CC(C=C/C=C1\C(C)(C)c2ccccc2[N+]12CCCC2S(=O)(=O)[O-])=CC=CC1=[N+](CCCCS(=O)(=O)[O-])c2ccccc2C1(C)C.[K+]. The topological polar surface area (TPSA) is 117 Å². The molecule has 1 saturated heterocycles. The van der Waals surface area contributed by atoms with Crippen LogP contribution < -0.4 is 55.9 Å². The molecule has 0 saturated carbocycles. The molecule has 11 heteroatoms. The summed E-state index contributed by atoms with van der Waals surface area (Å²) in [6, 6.07) is 16.1. The van der Waals surface area contributed by atoms with Gasteiger partial charge in [-0.05, 0) is 53.2 Å². The van der Waals surface area contributed by atoms with Gasteiger partial charge in [-0.3, -0.25) is 0 Å². The van der Waals surface area contributed by atoms with Crippen LogP contribution in [0.5, 0.6) is 0 Å². The van der Waals surface area contributed by atoms with Gasteiger partial charge in [0.1, 0.15) is 17.9 Å². The van der Waals surface area contributed by atoms with Gasteiger partial charge in [0.05, 0.1) is 27.5 Å². The number of hydrogen-bond donors (Lipinski definition) is 0. The van der Waals surface area contributed by atoms with Crippen LogP contribution in [-0.4, -0.2) is 60.4 Å². The fourth-order valence-electron chi connectivity index (χ4n) is 7.82. The van der Waals surface area contributed by atoms with E-state index in [-0.39, 0.29) is 67.0 Å². The van der Waals surface area contributed by atoms with Gasteiger partial charge < -0.3 is 9.11 Å². The zero-order valence-corrected chi connectivity index (χ0v) is 33.0. The molecule has 0 bridgehead atoms. The van der Waals surface area contributed by atoms with E-state index in [9.17, 15) is 25.9 Å². The minimum Gasteiger partial charge on any atom is -0.748 e. The third-order valence-electron chi connectivity index (χ3n) is 9.92. The maximum atomic E-state index is 12.5. The Balaban J connectivity index is 0.00000500. The number of hydrogen-bond acceptors (Lipinski definition) is 6. The van der Waals surface area contributed by atoms with Crippen LogP contribution in [-0.2, 0) is 31.1 Å². The molecular weight excluding hydrogens is 660 g/mol. The molecule has 47 heavy (non-hydrogen) atoms. The standard InChI is InChI=1S/C36H44N2O6S2.K/c1-27(15-12-21-32-35(2,3)28-17-6-8-19-30(28)37(32)24-10-11-26-45(39,40)41)16-13-22-33-36(4,5)29-18-7-9-20-31(29)38(33)25-14-23-34(38)46(42,43)44;/h6-9,12-13,15-22,34H,10-11,14,23-26H2,1-5H3;/q;+1/b16-13?,21-12?,27-15?,33-22+;. The predicted octanol–water partition coefficient (Wildman–Crippen LogP) is 3.30. The van der Waals surface area contributed by atoms with Crippen LogP contribution in [0.25, 0.3) is 0 Å². The number of unbranched alkanes of at least 4 members (excludes halogenated alkanes) is 1. The van der Waals surface area contributed by atoms with Crippen LogP contribution in [0, 0.1) is 0 Å². The summed E-state index contributed by atoms with van der Waals surface area (Å²) in [6.45, 7) is 11.7. The van der Waals surface area contributed by atoms with Crippen LogP contribution in [0.3, 0.4) is 0 Å². The van der Waals surface area contributed by atoms with E-state index < -0.39 is 31.0 Å². The molecule has 3 aliphatic heterocycles. The van der Waals surface area contributed by atoms with Crippen LogP contribution in [0.2, 0.25) is 0 Å². The molecular formula is C36H44KN2O6S2+. The number of fused-ring (bicyclic) bond motifs is 3. The van der Waals surface area contributed by atoms with Crippen molar-refractivity contribution in [2.24, 2.45) is 0 Å². The molecule has 8 nitrogen and oxygen atoms in total. The Morgan fingerprint density at radius 3 is 2.28 bits per heavy atom. The van der Waals surface area contributed by atoms with Gasteiger partial charge in [-0.15, -0.1) is 0 Å². The number of quaternary nitrogens is 1. The van der Waals surface area contributed by atoms with Crippen LogP contribution in [0.4, 0.5) is 11.4 Å². The Bertz CT molecular complexity index is 1910. The van der Waals surface area contributed by atoms with Gasteiger partial charge in [0.2, 0.25) is 5.69 Å². The molecule has 0 N–H and O–H groups in total. The van der Waals surface area contributed by atoms with E-state index >= 15 is 0 Å². The Kier molecular flexibility index (Phi) is 11.7. The van der Waals surface area contributed by atoms with Gasteiger partial charge in [0.25, 0.3) is 0 Å². The summed E-state index contributed by atoms with van der Waals surface area (Å²) in [5.74, 6) is -0.363. The van der Waals surface area contributed by atoms with Crippen molar-refractivity contribution in [3.05, 3.63) is 107 Å². The van der Waals surface area contributed by atoms with Crippen molar-refractivity contribution in [2.45, 2.75) is 76.5 Å². The molecule has 2 unspecified atom stereocenters. The van der Waals surface area contributed by atoms with Crippen molar-refractivity contribution in [3.8, 4) is 0 Å². The summed E-state index contributed by atoms with van der Waals surface area (Å²) in [5.41, 5.74) is 6.50. The summed E-state index contributed by atoms with van der Waals surface area (Å²) >= 11 is 0. The van der Waals surface area contributed by atoms with E-state index in [0.29, 0.717) is 38.8 Å². The minimum absolute atomic E-state index is 0. The van der Waals surface area contributed by atoms with Gasteiger partial charge in [-0.1, -0.05) is 66.3 Å². The number of rotatable bonds is 10.